The summed E-state index contributed by atoms with van der Waals surface area (Å²) in [7, 11) is 0. The molecule has 1 unspecified atom stereocenters. The van der Waals surface area contributed by atoms with Gasteiger partial charge >= 0.3 is 0 Å². The van der Waals surface area contributed by atoms with Gasteiger partial charge in [0.25, 0.3) is 0 Å². The van der Waals surface area contributed by atoms with Gasteiger partial charge in [0.15, 0.2) is 0 Å². The molecule has 1 atom stereocenters. The summed E-state index contributed by atoms with van der Waals surface area (Å²) < 4.78 is 5.46. The van der Waals surface area contributed by atoms with Crippen LogP contribution in [0.5, 0.6) is 5.75 Å². The molecule has 0 bridgehead atoms. The van der Waals surface area contributed by atoms with Crippen molar-refractivity contribution in [3.05, 3.63) is 30.3 Å². The molecule has 0 saturated carbocycles. The second-order valence-corrected chi connectivity index (χ2v) is 4.17. The largest absolute Gasteiger partial charge is 0.493 e. The van der Waals surface area contributed by atoms with Crippen LogP contribution in [0.4, 0.5) is 0 Å². The number of nitrogens with one attached hydrogen (secondary N) is 2. The Bertz CT molecular complexity index is 348. The normalized spacial score (nSPS) is 18.9. The van der Waals surface area contributed by atoms with Crippen molar-refractivity contribution in [3.8, 4) is 5.75 Å². The molecule has 17 heavy (non-hydrogen) atoms. The highest BCUT2D eigenvalue weighted by molar-refractivity contribution is 5.76. The Kier molecular flexibility index (Phi) is 4.38. The Balaban J connectivity index is 1.63. The van der Waals surface area contributed by atoms with Gasteiger partial charge in [0.1, 0.15) is 5.75 Å². The van der Waals surface area contributed by atoms with Crippen molar-refractivity contribution in [1.29, 1.82) is 0 Å². The highest BCUT2D eigenvalue weighted by Crippen LogP contribution is 2.08. The van der Waals surface area contributed by atoms with Crippen LogP contribution in [-0.4, -0.2) is 31.6 Å². The average molecular weight is 234 g/mol. The third-order valence-corrected chi connectivity index (χ3v) is 2.77. The number of rotatable bonds is 5. The van der Waals surface area contributed by atoms with E-state index in [4.69, 9.17) is 4.74 Å². The number of ether oxygens (including phenoxy) is 1. The smallest absolute Gasteiger partial charge is 0.223 e. The van der Waals surface area contributed by atoms with E-state index in [0.717, 1.165) is 25.3 Å². The Labute approximate surface area is 101 Å². The minimum absolute atomic E-state index is 0.0645. The molecule has 1 saturated heterocycles. The fourth-order valence-corrected chi connectivity index (χ4v) is 1.86. The van der Waals surface area contributed by atoms with E-state index in [2.05, 4.69) is 10.6 Å². The van der Waals surface area contributed by atoms with Crippen molar-refractivity contribution >= 4 is 5.91 Å². The van der Waals surface area contributed by atoms with Gasteiger partial charge in [-0.05, 0) is 25.1 Å². The second-order valence-electron chi connectivity index (χ2n) is 4.17. The molecule has 1 aromatic carbocycles. The number of para-hydroxylation sites is 1. The van der Waals surface area contributed by atoms with E-state index in [1.807, 2.05) is 30.3 Å². The summed E-state index contributed by atoms with van der Waals surface area (Å²) in [6.45, 7) is 2.30. The minimum atomic E-state index is 0.0645. The molecule has 2 N–H and O–H groups in total. The van der Waals surface area contributed by atoms with Gasteiger partial charge in [0, 0.05) is 12.6 Å². The predicted octanol–water partition coefficient (Wildman–Crippen LogP) is 0.934. The SMILES string of the molecule is O=C(CCOc1ccccc1)NC1CCNC1. The molecule has 1 fully saturated rings. The van der Waals surface area contributed by atoms with Gasteiger partial charge in [0.2, 0.25) is 5.91 Å². The van der Waals surface area contributed by atoms with Crippen LogP contribution < -0.4 is 15.4 Å². The van der Waals surface area contributed by atoms with E-state index in [1.54, 1.807) is 0 Å². The van der Waals surface area contributed by atoms with E-state index < -0.39 is 0 Å². The Hall–Kier alpha value is -1.55. The second kappa shape index (κ2) is 6.25. The molecule has 1 amide bonds. The van der Waals surface area contributed by atoms with Crippen LogP contribution in [0.25, 0.3) is 0 Å². The average Bonchev–Trinajstić information content (AvgIpc) is 2.83. The van der Waals surface area contributed by atoms with Crippen LogP contribution in [0.3, 0.4) is 0 Å². The zero-order chi connectivity index (χ0) is 11.9. The lowest BCUT2D eigenvalue weighted by Gasteiger charge is -2.11. The quantitative estimate of drug-likeness (QED) is 0.797. The van der Waals surface area contributed by atoms with Gasteiger partial charge in [-0.25, -0.2) is 0 Å². The number of carbonyl (C=O) groups is 1. The van der Waals surface area contributed by atoms with Gasteiger partial charge in [-0.2, -0.15) is 0 Å². The first-order valence-corrected chi connectivity index (χ1v) is 6.02. The molecular weight excluding hydrogens is 216 g/mol. The molecule has 0 aromatic heterocycles. The number of amides is 1. The van der Waals surface area contributed by atoms with Crippen LogP contribution in [-0.2, 0) is 4.79 Å². The van der Waals surface area contributed by atoms with Gasteiger partial charge in [-0.1, -0.05) is 18.2 Å². The van der Waals surface area contributed by atoms with Crippen LogP contribution in [0, 0.1) is 0 Å². The number of hydrogen-bond acceptors (Lipinski definition) is 3. The first kappa shape index (κ1) is 11.9. The molecule has 0 aliphatic carbocycles. The van der Waals surface area contributed by atoms with Crippen LogP contribution in [0.15, 0.2) is 30.3 Å². The maximum absolute atomic E-state index is 11.6. The monoisotopic (exact) mass is 234 g/mol. The van der Waals surface area contributed by atoms with Crippen LogP contribution in [0.1, 0.15) is 12.8 Å². The molecule has 2 rings (SSSR count). The van der Waals surface area contributed by atoms with Gasteiger partial charge in [-0.15, -0.1) is 0 Å². The van der Waals surface area contributed by atoms with E-state index in [0.29, 0.717) is 19.1 Å². The summed E-state index contributed by atoms with van der Waals surface area (Å²) in [5, 5.41) is 6.20. The number of benzene rings is 1. The fraction of sp³-hybridized carbons (Fsp3) is 0.462. The molecule has 1 aliphatic rings. The lowest BCUT2D eigenvalue weighted by atomic mass is 10.2. The summed E-state index contributed by atoms with van der Waals surface area (Å²) in [6.07, 6.45) is 1.43. The van der Waals surface area contributed by atoms with Crippen LogP contribution in [0.2, 0.25) is 0 Å². The minimum Gasteiger partial charge on any atom is -0.493 e. The predicted molar refractivity (Wildman–Crippen MR) is 66.0 cm³/mol. The topological polar surface area (TPSA) is 50.4 Å². The lowest BCUT2D eigenvalue weighted by molar-refractivity contribution is -0.122. The zero-order valence-corrected chi connectivity index (χ0v) is 9.82. The maximum Gasteiger partial charge on any atom is 0.223 e. The van der Waals surface area contributed by atoms with E-state index in [1.165, 1.54) is 0 Å². The van der Waals surface area contributed by atoms with Gasteiger partial charge in [0.05, 0.1) is 13.0 Å². The first-order chi connectivity index (χ1) is 8.34. The molecule has 4 heteroatoms. The van der Waals surface area contributed by atoms with Crippen molar-refractivity contribution in [2.24, 2.45) is 0 Å². The van der Waals surface area contributed by atoms with Gasteiger partial charge in [-0.3, -0.25) is 4.79 Å². The molecule has 1 aromatic rings. The van der Waals surface area contributed by atoms with E-state index >= 15 is 0 Å². The standard InChI is InChI=1S/C13H18N2O2/c16-13(15-11-6-8-14-10-11)7-9-17-12-4-2-1-3-5-12/h1-5,11,14H,6-10H2,(H,15,16). The summed E-state index contributed by atoms with van der Waals surface area (Å²) >= 11 is 0. The molecule has 0 spiro atoms. The zero-order valence-electron chi connectivity index (χ0n) is 9.82. The van der Waals surface area contributed by atoms with Crippen molar-refractivity contribution < 1.29 is 9.53 Å². The molecule has 1 heterocycles. The highest BCUT2D eigenvalue weighted by Gasteiger charge is 2.16. The summed E-state index contributed by atoms with van der Waals surface area (Å²) in [6, 6.07) is 9.84. The Morgan fingerprint density at radius 1 is 1.41 bits per heavy atom. The number of carbonyl (C=O) groups excluding carboxylic acids is 1. The summed E-state index contributed by atoms with van der Waals surface area (Å²) in [5.74, 6) is 0.873. The van der Waals surface area contributed by atoms with Crippen molar-refractivity contribution in [3.63, 3.8) is 0 Å². The first-order valence-electron chi connectivity index (χ1n) is 6.02. The highest BCUT2D eigenvalue weighted by atomic mass is 16.5. The third kappa shape index (κ3) is 4.07. The molecule has 0 radical (unpaired) electrons. The Morgan fingerprint density at radius 3 is 2.94 bits per heavy atom. The molecule has 92 valence electrons. The van der Waals surface area contributed by atoms with Crippen molar-refractivity contribution in [2.45, 2.75) is 18.9 Å². The summed E-state index contributed by atoms with van der Waals surface area (Å²) in [4.78, 5) is 11.6. The molecular formula is C13H18N2O2. The summed E-state index contributed by atoms with van der Waals surface area (Å²) in [5.41, 5.74) is 0. The maximum atomic E-state index is 11.6. The van der Waals surface area contributed by atoms with E-state index in [-0.39, 0.29) is 5.91 Å². The molecule has 1 aliphatic heterocycles. The fourth-order valence-electron chi connectivity index (χ4n) is 1.86. The third-order valence-electron chi connectivity index (χ3n) is 2.77. The van der Waals surface area contributed by atoms with Gasteiger partial charge < -0.3 is 15.4 Å². The lowest BCUT2D eigenvalue weighted by Crippen LogP contribution is -2.36. The Morgan fingerprint density at radius 2 is 2.24 bits per heavy atom. The molecule has 4 nitrogen and oxygen atoms in total. The number of hydrogen-bond donors (Lipinski definition) is 2. The van der Waals surface area contributed by atoms with Crippen molar-refractivity contribution in [2.75, 3.05) is 19.7 Å². The van der Waals surface area contributed by atoms with Crippen molar-refractivity contribution in [1.82, 2.24) is 10.6 Å². The van der Waals surface area contributed by atoms with Crippen LogP contribution >= 0.6 is 0 Å². The van der Waals surface area contributed by atoms with E-state index in [9.17, 15) is 4.79 Å².